The molecule has 7 nitrogen and oxygen atoms in total. The van der Waals surface area contributed by atoms with Gasteiger partial charge in [-0.2, -0.15) is 13.2 Å². The fraction of sp³-hybridized carbons (Fsp3) is 0.0455. The minimum absolute atomic E-state index is 0.0204. The van der Waals surface area contributed by atoms with Crippen LogP contribution in [-0.4, -0.2) is 20.6 Å². The highest BCUT2D eigenvalue weighted by atomic mass is 19.4. The summed E-state index contributed by atoms with van der Waals surface area (Å²) in [6, 6.07) is 12.3. The highest BCUT2D eigenvalue weighted by molar-refractivity contribution is 6.01. The number of hydrogen-bond donors (Lipinski definition) is 2. The Labute approximate surface area is 180 Å². The number of benzene rings is 2. The Morgan fingerprint density at radius 1 is 0.875 bits per heavy atom. The molecule has 0 unspecified atom stereocenters. The summed E-state index contributed by atoms with van der Waals surface area (Å²) >= 11 is 0. The van der Waals surface area contributed by atoms with Crippen LogP contribution in [0.1, 0.15) is 5.56 Å². The van der Waals surface area contributed by atoms with E-state index < -0.39 is 17.8 Å². The topological polar surface area (TPSA) is 81.1 Å². The quantitative estimate of drug-likeness (QED) is 0.417. The molecule has 0 atom stereocenters. The van der Waals surface area contributed by atoms with Crippen molar-refractivity contribution in [1.29, 1.82) is 0 Å². The van der Waals surface area contributed by atoms with Crippen molar-refractivity contribution in [3.05, 3.63) is 91.3 Å². The molecule has 2 aromatic carbocycles. The molecule has 0 aliphatic carbocycles. The average Bonchev–Trinajstić information content (AvgIpc) is 3.30. The standard InChI is InChI=1S/C22H16F3N5O2/c23-22(24,25)15-1-6-20(30-12-11-27-14-30)19(13-15)29-21(31)28-16-2-4-17(5-3-16)32-18-7-9-26-10-8-18/h1-14H,(H2,28,29,31). The van der Waals surface area contributed by atoms with E-state index in [9.17, 15) is 18.0 Å². The largest absolute Gasteiger partial charge is 0.457 e. The third-order valence-electron chi connectivity index (χ3n) is 4.35. The average molecular weight is 439 g/mol. The first-order chi connectivity index (χ1) is 15.4. The number of carbonyl (C=O) groups is 1. The molecule has 10 heteroatoms. The normalized spacial score (nSPS) is 11.1. The Morgan fingerprint density at radius 2 is 1.59 bits per heavy atom. The van der Waals surface area contributed by atoms with Gasteiger partial charge < -0.3 is 19.9 Å². The molecule has 162 valence electrons. The number of amides is 2. The Bertz CT molecular complexity index is 1190. The second kappa shape index (κ2) is 8.80. The lowest BCUT2D eigenvalue weighted by atomic mass is 10.1. The van der Waals surface area contributed by atoms with Crippen LogP contribution in [0.4, 0.5) is 29.3 Å². The summed E-state index contributed by atoms with van der Waals surface area (Å²) < 4.78 is 46.6. The maximum atomic E-state index is 13.2. The lowest BCUT2D eigenvalue weighted by molar-refractivity contribution is -0.137. The van der Waals surface area contributed by atoms with E-state index in [1.54, 1.807) is 55.0 Å². The van der Waals surface area contributed by atoms with Gasteiger partial charge in [0.15, 0.2) is 0 Å². The van der Waals surface area contributed by atoms with Crippen LogP contribution in [0.3, 0.4) is 0 Å². The monoisotopic (exact) mass is 439 g/mol. The van der Waals surface area contributed by atoms with Gasteiger partial charge in [-0.25, -0.2) is 9.78 Å². The van der Waals surface area contributed by atoms with Gasteiger partial charge in [-0.1, -0.05) is 0 Å². The number of pyridine rings is 1. The number of hydrogen-bond acceptors (Lipinski definition) is 4. The van der Waals surface area contributed by atoms with Gasteiger partial charge >= 0.3 is 12.2 Å². The van der Waals surface area contributed by atoms with Crippen molar-refractivity contribution in [2.75, 3.05) is 10.6 Å². The molecule has 0 saturated heterocycles. The lowest BCUT2D eigenvalue weighted by Gasteiger charge is -2.15. The molecule has 0 spiro atoms. The molecular formula is C22H16F3N5O2. The molecule has 2 aromatic heterocycles. The van der Waals surface area contributed by atoms with Gasteiger partial charge in [-0.15, -0.1) is 0 Å². The van der Waals surface area contributed by atoms with Crippen LogP contribution in [0.5, 0.6) is 11.5 Å². The van der Waals surface area contributed by atoms with Crippen molar-refractivity contribution in [2.45, 2.75) is 6.18 Å². The van der Waals surface area contributed by atoms with Gasteiger partial charge in [0.1, 0.15) is 11.5 Å². The van der Waals surface area contributed by atoms with Crippen LogP contribution in [-0.2, 0) is 6.18 Å². The first kappa shape index (κ1) is 20.9. The van der Waals surface area contributed by atoms with Crippen molar-refractivity contribution >= 4 is 17.4 Å². The fourth-order valence-corrected chi connectivity index (χ4v) is 2.87. The molecule has 2 amide bonds. The summed E-state index contributed by atoms with van der Waals surface area (Å²) in [7, 11) is 0. The first-order valence-corrected chi connectivity index (χ1v) is 9.34. The van der Waals surface area contributed by atoms with E-state index in [1.165, 1.54) is 23.2 Å². The number of nitrogens with one attached hydrogen (secondary N) is 2. The first-order valence-electron chi connectivity index (χ1n) is 9.34. The zero-order chi connectivity index (χ0) is 22.6. The van der Waals surface area contributed by atoms with E-state index in [0.717, 1.165) is 12.1 Å². The van der Waals surface area contributed by atoms with Gasteiger partial charge in [-0.05, 0) is 54.6 Å². The van der Waals surface area contributed by atoms with Crippen molar-refractivity contribution in [3.8, 4) is 17.2 Å². The van der Waals surface area contributed by atoms with Crippen molar-refractivity contribution in [1.82, 2.24) is 14.5 Å². The highest BCUT2D eigenvalue weighted by Crippen LogP contribution is 2.33. The number of carbonyl (C=O) groups excluding carboxylic acids is 1. The van der Waals surface area contributed by atoms with E-state index in [1.807, 2.05) is 0 Å². The number of imidazole rings is 1. The number of halogens is 3. The number of alkyl halides is 3. The summed E-state index contributed by atoms with van der Waals surface area (Å²) in [6.07, 6.45) is 3.12. The van der Waals surface area contributed by atoms with Gasteiger partial charge in [0.2, 0.25) is 0 Å². The van der Waals surface area contributed by atoms with Crippen LogP contribution in [0.2, 0.25) is 0 Å². The maximum Gasteiger partial charge on any atom is 0.416 e. The van der Waals surface area contributed by atoms with Crippen LogP contribution in [0, 0.1) is 0 Å². The van der Waals surface area contributed by atoms with Crippen LogP contribution < -0.4 is 15.4 Å². The fourth-order valence-electron chi connectivity index (χ4n) is 2.87. The third kappa shape index (κ3) is 5.04. The lowest BCUT2D eigenvalue weighted by Crippen LogP contribution is -2.21. The molecule has 2 heterocycles. The second-order valence-electron chi connectivity index (χ2n) is 6.59. The Balaban J connectivity index is 1.49. The number of urea groups is 1. The second-order valence-corrected chi connectivity index (χ2v) is 6.59. The molecule has 4 rings (SSSR count). The Morgan fingerprint density at radius 3 is 2.25 bits per heavy atom. The predicted octanol–water partition coefficient (Wildman–Crippen LogP) is 5.72. The number of anilines is 2. The van der Waals surface area contributed by atoms with E-state index in [-0.39, 0.29) is 5.69 Å². The molecule has 0 fully saturated rings. The summed E-state index contributed by atoms with van der Waals surface area (Å²) in [5.74, 6) is 1.15. The van der Waals surface area contributed by atoms with E-state index >= 15 is 0 Å². The Kier molecular flexibility index (Phi) is 5.75. The molecule has 0 aliphatic rings. The molecule has 4 aromatic rings. The van der Waals surface area contributed by atoms with Gasteiger partial charge in [-0.3, -0.25) is 4.98 Å². The predicted molar refractivity (Wildman–Crippen MR) is 112 cm³/mol. The number of ether oxygens (including phenoxy) is 1. The molecule has 0 saturated carbocycles. The number of rotatable bonds is 5. The molecule has 0 radical (unpaired) electrons. The molecule has 32 heavy (non-hydrogen) atoms. The summed E-state index contributed by atoms with van der Waals surface area (Å²) in [5, 5.41) is 5.07. The van der Waals surface area contributed by atoms with Gasteiger partial charge in [0, 0.05) is 30.5 Å². The minimum Gasteiger partial charge on any atom is -0.457 e. The Hall–Kier alpha value is -4.34. The maximum absolute atomic E-state index is 13.2. The van der Waals surface area contributed by atoms with Gasteiger partial charge in [0.05, 0.1) is 23.3 Å². The van der Waals surface area contributed by atoms with Gasteiger partial charge in [0.25, 0.3) is 0 Å². The van der Waals surface area contributed by atoms with E-state index in [2.05, 4.69) is 20.6 Å². The zero-order valence-corrected chi connectivity index (χ0v) is 16.4. The van der Waals surface area contributed by atoms with Crippen molar-refractivity contribution in [3.63, 3.8) is 0 Å². The van der Waals surface area contributed by atoms with Crippen molar-refractivity contribution < 1.29 is 22.7 Å². The van der Waals surface area contributed by atoms with E-state index in [0.29, 0.717) is 22.9 Å². The third-order valence-corrected chi connectivity index (χ3v) is 4.35. The van der Waals surface area contributed by atoms with Crippen LogP contribution >= 0.6 is 0 Å². The SMILES string of the molecule is O=C(Nc1ccc(Oc2ccncc2)cc1)Nc1cc(C(F)(F)F)ccc1-n1ccnc1. The summed E-state index contributed by atoms with van der Waals surface area (Å²) in [5.41, 5.74) is -0.130. The minimum atomic E-state index is -4.55. The molecular weight excluding hydrogens is 423 g/mol. The van der Waals surface area contributed by atoms with Crippen LogP contribution in [0.25, 0.3) is 5.69 Å². The van der Waals surface area contributed by atoms with E-state index in [4.69, 9.17) is 4.74 Å². The molecule has 2 N–H and O–H groups in total. The zero-order valence-electron chi connectivity index (χ0n) is 16.4. The number of aromatic nitrogens is 3. The summed E-state index contributed by atoms with van der Waals surface area (Å²) in [6.45, 7) is 0. The highest BCUT2D eigenvalue weighted by Gasteiger charge is 2.31. The summed E-state index contributed by atoms with van der Waals surface area (Å²) in [4.78, 5) is 20.3. The molecule has 0 bridgehead atoms. The molecule has 0 aliphatic heterocycles. The smallest absolute Gasteiger partial charge is 0.416 e. The number of nitrogens with zero attached hydrogens (tertiary/aromatic N) is 3. The van der Waals surface area contributed by atoms with Crippen molar-refractivity contribution in [2.24, 2.45) is 0 Å². The van der Waals surface area contributed by atoms with Crippen LogP contribution in [0.15, 0.2) is 85.7 Å².